The minimum Gasteiger partial charge on any atom is -0.316 e. The van der Waals surface area contributed by atoms with Crippen LogP contribution in [0.2, 0.25) is 0 Å². The van der Waals surface area contributed by atoms with Gasteiger partial charge < -0.3 is 5.32 Å². The van der Waals surface area contributed by atoms with E-state index < -0.39 is 0 Å². The number of fused-ring (bicyclic) bond motifs is 3. The number of hydrogen-bond acceptors (Lipinski definition) is 2. The van der Waals surface area contributed by atoms with Crippen LogP contribution in [0.25, 0.3) is 0 Å². The van der Waals surface area contributed by atoms with Gasteiger partial charge in [-0.2, -0.15) is 0 Å². The van der Waals surface area contributed by atoms with Gasteiger partial charge in [0.2, 0.25) is 0 Å². The van der Waals surface area contributed by atoms with E-state index in [1.165, 1.54) is 24.8 Å². The molecule has 0 bridgehead atoms. The van der Waals surface area contributed by atoms with Crippen molar-refractivity contribution in [1.82, 2.24) is 5.32 Å². The van der Waals surface area contributed by atoms with Crippen molar-refractivity contribution in [3.05, 3.63) is 35.5 Å². The summed E-state index contributed by atoms with van der Waals surface area (Å²) in [6, 6.07) is 0.555. The van der Waals surface area contributed by atoms with Gasteiger partial charge in [-0.15, -0.1) is 0 Å². The molecule has 2 spiro atoms. The maximum atomic E-state index is 12.9. The fraction of sp³-hybridized carbons (Fsp3) is 0.720. The molecule has 6 atom stereocenters. The SMILES string of the molecule is CCC1CC23CC2C2=CC4(C=CC=C2C3(C)CC1=O)CCC(NC)C4(C)C. The summed E-state index contributed by atoms with van der Waals surface area (Å²) < 4.78 is 0. The molecule has 27 heavy (non-hydrogen) atoms. The van der Waals surface area contributed by atoms with Crippen molar-refractivity contribution < 1.29 is 4.79 Å². The summed E-state index contributed by atoms with van der Waals surface area (Å²) in [5, 5.41) is 3.58. The molecule has 0 heterocycles. The van der Waals surface area contributed by atoms with E-state index in [2.05, 4.69) is 64.4 Å². The Labute approximate surface area is 164 Å². The van der Waals surface area contributed by atoms with E-state index in [0.29, 0.717) is 29.1 Å². The molecule has 0 saturated heterocycles. The lowest BCUT2D eigenvalue weighted by Crippen LogP contribution is -2.43. The molecule has 4 fully saturated rings. The van der Waals surface area contributed by atoms with Crippen LogP contribution < -0.4 is 5.32 Å². The van der Waals surface area contributed by atoms with Gasteiger partial charge in [0.05, 0.1) is 0 Å². The first-order valence-corrected chi connectivity index (χ1v) is 11.1. The topological polar surface area (TPSA) is 29.1 Å². The Kier molecular flexibility index (Phi) is 3.49. The minimum absolute atomic E-state index is 0.0628. The standard InChI is InChI=1S/C25H35NO/c1-6-16-12-25-14-19(25)17-13-24(11-9-21(26-5)22(24,2)3)10-7-8-18(17)23(25,4)15-20(16)27/h7-8,10,13,16,19,21,26H,6,9,11-12,14-15H2,1-5H3. The second-order valence-corrected chi connectivity index (χ2v) is 10.9. The molecule has 5 rings (SSSR count). The van der Waals surface area contributed by atoms with Crippen LogP contribution in [0.3, 0.4) is 0 Å². The van der Waals surface area contributed by atoms with Crippen LogP contribution in [0, 0.1) is 33.5 Å². The predicted octanol–water partition coefficient (Wildman–Crippen LogP) is 5.22. The van der Waals surface area contributed by atoms with Gasteiger partial charge >= 0.3 is 0 Å². The summed E-state index contributed by atoms with van der Waals surface area (Å²) in [7, 11) is 2.11. The first-order chi connectivity index (χ1) is 12.7. The van der Waals surface area contributed by atoms with E-state index in [4.69, 9.17) is 0 Å². The molecule has 146 valence electrons. The van der Waals surface area contributed by atoms with Gasteiger partial charge in [-0.05, 0) is 67.0 Å². The highest BCUT2D eigenvalue weighted by Crippen LogP contribution is 2.81. The monoisotopic (exact) mass is 365 g/mol. The summed E-state index contributed by atoms with van der Waals surface area (Å²) in [4.78, 5) is 12.9. The first-order valence-electron chi connectivity index (χ1n) is 11.1. The molecule has 0 amide bonds. The van der Waals surface area contributed by atoms with Gasteiger partial charge in [0.1, 0.15) is 5.78 Å². The third kappa shape index (κ3) is 1.94. The van der Waals surface area contributed by atoms with Crippen LogP contribution in [0.4, 0.5) is 0 Å². The highest BCUT2D eigenvalue weighted by Gasteiger charge is 2.74. The van der Waals surface area contributed by atoms with Crippen molar-refractivity contribution in [3.63, 3.8) is 0 Å². The van der Waals surface area contributed by atoms with Crippen LogP contribution in [-0.2, 0) is 4.79 Å². The highest BCUT2D eigenvalue weighted by molar-refractivity contribution is 5.85. The van der Waals surface area contributed by atoms with Crippen LogP contribution in [0.1, 0.15) is 66.2 Å². The van der Waals surface area contributed by atoms with Crippen LogP contribution in [0.15, 0.2) is 35.5 Å². The Morgan fingerprint density at radius 1 is 1.22 bits per heavy atom. The smallest absolute Gasteiger partial charge is 0.136 e. The molecule has 2 nitrogen and oxygen atoms in total. The first kappa shape index (κ1) is 17.9. The van der Waals surface area contributed by atoms with Crippen molar-refractivity contribution in [2.75, 3.05) is 7.05 Å². The third-order valence-electron chi connectivity index (χ3n) is 9.88. The Bertz CT molecular complexity index is 801. The Morgan fingerprint density at radius 3 is 2.67 bits per heavy atom. The molecule has 5 aliphatic carbocycles. The van der Waals surface area contributed by atoms with Gasteiger partial charge in [0.15, 0.2) is 0 Å². The van der Waals surface area contributed by atoms with E-state index in [0.717, 1.165) is 19.3 Å². The molecule has 0 aliphatic heterocycles. The molecule has 6 unspecified atom stereocenters. The van der Waals surface area contributed by atoms with Crippen molar-refractivity contribution >= 4 is 5.78 Å². The Balaban J connectivity index is 1.61. The van der Waals surface area contributed by atoms with Crippen molar-refractivity contribution in [2.45, 2.75) is 72.3 Å². The summed E-state index contributed by atoms with van der Waals surface area (Å²) in [6.45, 7) is 9.49. The molecule has 1 N–H and O–H groups in total. The normalized spacial score (nSPS) is 49.2. The van der Waals surface area contributed by atoms with Crippen molar-refractivity contribution in [1.29, 1.82) is 0 Å². The average molecular weight is 366 g/mol. The van der Waals surface area contributed by atoms with Gasteiger partial charge in [-0.25, -0.2) is 0 Å². The molecule has 0 radical (unpaired) electrons. The Hall–Kier alpha value is -1.15. The summed E-state index contributed by atoms with van der Waals surface area (Å²) in [5.41, 5.74) is 3.88. The maximum absolute atomic E-state index is 12.9. The van der Waals surface area contributed by atoms with E-state index >= 15 is 0 Å². The third-order valence-corrected chi connectivity index (χ3v) is 9.88. The van der Waals surface area contributed by atoms with Crippen LogP contribution >= 0.6 is 0 Å². The fourth-order valence-electron chi connectivity index (χ4n) is 7.79. The van der Waals surface area contributed by atoms with E-state index in [-0.39, 0.29) is 16.2 Å². The molecule has 5 aliphatic rings. The number of carbonyl (C=O) groups is 1. The number of carbonyl (C=O) groups excluding carboxylic acids is 1. The largest absolute Gasteiger partial charge is 0.316 e. The lowest BCUT2D eigenvalue weighted by molar-refractivity contribution is -0.130. The molecule has 0 aromatic rings. The zero-order valence-corrected chi connectivity index (χ0v) is 17.7. The average Bonchev–Trinajstić information content (AvgIpc) is 3.28. The number of allylic oxidation sites excluding steroid dienone is 6. The van der Waals surface area contributed by atoms with Gasteiger partial charge in [-0.3, -0.25) is 4.79 Å². The molecular formula is C25H35NO. The number of ketones is 1. The summed E-state index contributed by atoms with van der Waals surface area (Å²) in [5.74, 6) is 1.50. The van der Waals surface area contributed by atoms with E-state index in [9.17, 15) is 4.79 Å². The fourth-order valence-corrected chi connectivity index (χ4v) is 7.79. The highest BCUT2D eigenvalue weighted by atomic mass is 16.1. The molecule has 4 saturated carbocycles. The molecule has 0 aromatic carbocycles. The van der Waals surface area contributed by atoms with Gasteiger partial charge in [-0.1, -0.05) is 52.0 Å². The van der Waals surface area contributed by atoms with Gasteiger partial charge in [0, 0.05) is 29.2 Å². The number of hydrogen-bond donors (Lipinski definition) is 1. The number of nitrogens with one attached hydrogen (secondary N) is 1. The zero-order valence-electron chi connectivity index (χ0n) is 17.7. The quantitative estimate of drug-likeness (QED) is 0.727. The minimum atomic E-state index is 0.0628. The summed E-state index contributed by atoms with van der Waals surface area (Å²) in [6.07, 6.45) is 16.5. The second-order valence-electron chi connectivity index (χ2n) is 10.9. The van der Waals surface area contributed by atoms with Crippen molar-refractivity contribution in [3.8, 4) is 0 Å². The van der Waals surface area contributed by atoms with E-state index in [1.807, 2.05) is 0 Å². The molecule has 0 aromatic heterocycles. The second kappa shape index (κ2) is 5.26. The lowest BCUT2D eigenvalue weighted by atomic mass is 9.59. The predicted molar refractivity (Wildman–Crippen MR) is 110 cm³/mol. The van der Waals surface area contributed by atoms with E-state index in [1.54, 1.807) is 5.57 Å². The lowest BCUT2D eigenvalue weighted by Gasteiger charge is -2.43. The van der Waals surface area contributed by atoms with Crippen molar-refractivity contribution in [2.24, 2.45) is 33.5 Å². The number of Topliss-reactive ketones (excluding diaryl/α,β-unsaturated/α-hetero) is 1. The zero-order chi connectivity index (χ0) is 19.2. The van der Waals surface area contributed by atoms with Crippen LogP contribution in [0.5, 0.6) is 0 Å². The summed E-state index contributed by atoms with van der Waals surface area (Å²) >= 11 is 0. The molecular weight excluding hydrogens is 330 g/mol. The maximum Gasteiger partial charge on any atom is 0.136 e. The van der Waals surface area contributed by atoms with Crippen LogP contribution in [-0.4, -0.2) is 18.9 Å². The Morgan fingerprint density at radius 2 is 2.00 bits per heavy atom. The number of rotatable bonds is 2. The molecule has 2 heteroatoms. The van der Waals surface area contributed by atoms with Gasteiger partial charge in [0.25, 0.3) is 0 Å².